The molecule has 0 heterocycles. The molecule has 0 saturated heterocycles. The van der Waals surface area contributed by atoms with Gasteiger partial charge in [-0.25, -0.2) is 0 Å². The molecule has 1 fully saturated rings. The van der Waals surface area contributed by atoms with Crippen LogP contribution in [0.2, 0.25) is 0 Å². The molecule has 17 heavy (non-hydrogen) atoms. The lowest BCUT2D eigenvalue weighted by molar-refractivity contribution is -0.120. The van der Waals surface area contributed by atoms with E-state index < -0.39 is 0 Å². The maximum absolute atomic E-state index is 11.2. The fourth-order valence-electron chi connectivity index (χ4n) is 2.19. The van der Waals surface area contributed by atoms with E-state index in [1.807, 2.05) is 6.07 Å². The lowest BCUT2D eigenvalue weighted by Crippen LogP contribution is -2.39. The molecule has 1 amide bonds. The van der Waals surface area contributed by atoms with E-state index in [1.54, 1.807) is 0 Å². The van der Waals surface area contributed by atoms with Crippen LogP contribution in [0, 0.1) is 11.3 Å². The van der Waals surface area contributed by atoms with Crippen LogP contribution < -0.4 is 10.6 Å². The molecular weight excluding hydrogens is 216 g/mol. The molecule has 0 bridgehead atoms. The van der Waals surface area contributed by atoms with E-state index in [-0.39, 0.29) is 12.5 Å². The topological polar surface area (TPSA) is 68.2 Å². The number of nitriles is 1. The molecule has 0 aromatic carbocycles. The maximum Gasteiger partial charge on any atom is 0.234 e. The summed E-state index contributed by atoms with van der Waals surface area (Å²) in [6.07, 6.45) is 5.30. The van der Waals surface area contributed by atoms with E-state index in [1.165, 1.54) is 25.7 Å². The minimum absolute atomic E-state index is 0.0858. The predicted octanol–water partition coefficient (Wildman–Crippen LogP) is 0.0902. The van der Waals surface area contributed by atoms with Crippen molar-refractivity contribution in [2.24, 2.45) is 0 Å². The first-order chi connectivity index (χ1) is 8.24. The van der Waals surface area contributed by atoms with E-state index >= 15 is 0 Å². The molecule has 1 rings (SSSR count). The lowest BCUT2D eigenvalue weighted by atomic mass is 10.2. The van der Waals surface area contributed by atoms with Gasteiger partial charge in [0, 0.05) is 19.1 Å². The van der Waals surface area contributed by atoms with Gasteiger partial charge in [0.15, 0.2) is 0 Å². The van der Waals surface area contributed by atoms with Gasteiger partial charge in [-0.15, -0.1) is 0 Å². The molecule has 0 aromatic rings. The van der Waals surface area contributed by atoms with E-state index in [2.05, 4.69) is 22.6 Å². The lowest BCUT2D eigenvalue weighted by Gasteiger charge is -2.23. The van der Waals surface area contributed by atoms with Crippen molar-refractivity contribution in [3.8, 4) is 6.07 Å². The average molecular weight is 238 g/mol. The van der Waals surface area contributed by atoms with Crippen LogP contribution in [0.5, 0.6) is 0 Å². The number of likely N-dealkylation sites (N-methyl/N-ethyl adjacent to an activating group) is 1. The van der Waals surface area contributed by atoms with Gasteiger partial charge in [-0.2, -0.15) is 5.26 Å². The summed E-state index contributed by atoms with van der Waals surface area (Å²) < 4.78 is 0. The van der Waals surface area contributed by atoms with Crippen LogP contribution in [0.1, 0.15) is 25.7 Å². The Morgan fingerprint density at radius 3 is 2.82 bits per heavy atom. The van der Waals surface area contributed by atoms with Crippen molar-refractivity contribution in [1.82, 2.24) is 15.5 Å². The first-order valence-electron chi connectivity index (χ1n) is 6.28. The van der Waals surface area contributed by atoms with Crippen molar-refractivity contribution < 1.29 is 4.79 Å². The summed E-state index contributed by atoms with van der Waals surface area (Å²) in [4.78, 5) is 13.5. The Hall–Kier alpha value is -1.12. The van der Waals surface area contributed by atoms with Crippen molar-refractivity contribution in [3.05, 3.63) is 0 Å². The minimum Gasteiger partial charge on any atom is -0.342 e. The number of nitrogens with one attached hydrogen (secondary N) is 2. The Kier molecular flexibility index (Phi) is 6.60. The smallest absolute Gasteiger partial charge is 0.234 e. The molecule has 0 unspecified atom stereocenters. The van der Waals surface area contributed by atoms with Crippen molar-refractivity contribution in [3.63, 3.8) is 0 Å². The minimum atomic E-state index is -0.116. The van der Waals surface area contributed by atoms with Gasteiger partial charge in [-0.05, 0) is 19.9 Å². The third-order valence-electron chi connectivity index (χ3n) is 3.24. The Morgan fingerprint density at radius 2 is 2.18 bits per heavy atom. The molecule has 96 valence electrons. The van der Waals surface area contributed by atoms with Gasteiger partial charge in [0.1, 0.15) is 6.54 Å². The second kappa shape index (κ2) is 8.04. The maximum atomic E-state index is 11.2. The van der Waals surface area contributed by atoms with Crippen molar-refractivity contribution >= 4 is 5.91 Å². The van der Waals surface area contributed by atoms with Gasteiger partial charge < -0.3 is 15.5 Å². The van der Waals surface area contributed by atoms with E-state index in [4.69, 9.17) is 5.26 Å². The van der Waals surface area contributed by atoms with Gasteiger partial charge in [-0.1, -0.05) is 12.8 Å². The summed E-state index contributed by atoms with van der Waals surface area (Å²) in [5.41, 5.74) is 0. The number of amides is 1. The standard InChI is InChI=1S/C12H22N4O/c1-16(11-4-2-3-5-11)9-8-14-10-12(17)15-7-6-13/h11,14H,2-5,7-10H2,1H3,(H,15,17). The van der Waals surface area contributed by atoms with E-state index in [0.29, 0.717) is 6.54 Å². The highest BCUT2D eigenvalue weighted by atomic mass is 16.1. The molecule has 5 heteroatoms. The van der Waals surface area contributed by atoms with Gasteiger partial charge in [0.2, 0.25) is 5.91 Å². The van der Waals surface area contributed by atoms with Gasteiger partial charge in [0.05, 0.1) is 12.6 Å². The average Bonchev–Trinajstić information content (AvgIpc) is 2.85. The third kappa shape index (κ3) is 5.66. The molecule has 0 atom stereocenters. The number of rotatable bonds is 7. The quantitative estimate of drug-likeness (QED) is 0.487. The van der Waals surface area contributed by atoms with E-state index in [0.717, 1.165) is 19.1 Å². The number of carbonyl (C=O) groups excluding carboxylic acids is 1. The number of carbonyl (C=O) groups is 1. The van der Waals surface area contributed by atoms with Crippen LogP contribution in [0.15, 0.2) is 0 Å². The monoisotopic (exact) mass is 238 g/mol. The molecule has 0 aliphatic heterocycles. The SMILES string of the molecule is CN(CCNCC(=O)NCC#N)C1CCCC1. The summed E-state index contributed by atoms with van der Waals surface area (Å²) >= 11 is 0. The molecule has 1 saturated carbocycles. The summed E-state index contributed by atoms with van der Waals surface area (Å²) in [5.74, 6) is -0.116. The molecule has 1 aliphatic carbocycles. The summed E-state index contributed by atoms with van der Waals surface area (Å²) in [7, 11) is 2.15. The molecule has 5 nitrogen and oxygen atoms in total. The highest BCUT2D eigenvalue weighted by molar-refractivity contribution is 5.78. The molecular formula is C12H22N4O. The number of hydrogen-bond acceptors (Lipinski definition) is 4. The third-order valence-corrected chi connectivity index (χ3v) is 3.24. The molecule has 0 radical (unpaired) electrons. The number of nitrogens with zero attached hydrogens (tertiary/aromatic N) is 2. The summed E-state index contributed by atoms with van der Waals surface area (Å²) in [6.45, 7) is 2.16. The molecule has 0 aromatic heterocycles. The highest BCUT2D eigenvalue weighted by Crippen LogP contribution is 2.21. The normalized spacial score (nSPS) is 16.1. The van der Waals surface area contributed by atoms with Crippen molar-refractivity contribution in [1.29, 1.82) is 5.26 Å². The largest absolute Gasteiger partial charge is 0.342 e. The van der Waals surface area contributed by atoms with Crippen LogP contribution in [0.4, 0.5) is 0 Å². The van der Waals surface area contributed by atoms with Gasteiger partial charge in [0.25, 0.3) is 0 Å². The number of hydrogen-bond donors (Lipinski definition) is 2. The van der Waals surface area contributed by atoms with Gasteiger partial charge in [-0.3, -0.25) is 4.79 Å². The van der Waals surface area contributed by atoms with Crippen LogP contribution in [-0.2, 0) is 4.79 Å². The van der Waals surface area contributed by atoms with E-state index in [9.17, 15) is 4.79 Å². The van der Waals surface area contributed by atoms with Crippen LogP contribution >= 0.6 is 0 Å². The fraction of sp³-hybridized carbons (Fsp3) is 0.833. The summed E-state index contributed by atoms with van der Waals surface area (Å²) in [5, 5.41) is 13.9. The second-order valence-electron chi connectivity index (χ2n) is 4.53. The fourth-order valence-corrected chi connectivity index (χ4v) is 2.19. The van der Waals surface area contributed by atoms with Crippen LogP contribution in [-0.4, -0.2) is 50.1 Å². The van der Waals surface area contributed by atoms with Gasteiger partial charge >= 0.3 is 0 Å². The zero-order chi connectivity index (χ0) is 12.5. The van der Waals surface area contributed by atoms with Crippen LogP contribution in [0.25, 0.3) is 0 Å². The zero-order valence-corrected chi connectivity index (χ0v) is 10.5. The molecule has 1 aliphatic rings. The Morgan fingerprint density at radius 1 is 1.47 bits per heavy atom. The molecule has 0 spiro atoms. The first kappa shape index (κ1) is 13.9. The Labute approximate surface area is 103 Å². The predicted molar refractivity (Wildman–Crippen MR) is 66.4 cm³/mol. The Bertz CT molecular complexity index is 268. The Balaban J connectivity index is 1.99. The van der Waals surface area contributed by atoms with Crippen molar-refractivity contribution in [2.75, 3.05) is 33.2 Å². The van der Waals surface area contributed by atoms with Crippen LogP contribution in [0.3, 0.4) is 0 Å². The molecule has 2 N–H and O–H groups in total. The zero-order valence-electron chi connectivity index (χ0n) is 10.5. The second-order valence-corrected chi connectivity index (χ2v) is 4.53. The van der Waals surface area contributed by atoms with Crippen molar-refractivity contribution in [2.45, 2.75) is 31.7 Å². The summed E-state index contributed by atoms with van der Waals surface area (Å²) in [6, 6.07) is 2.60. The highest BCUT2D eigenvalue weighted by Gasteiger charge is 2.18. The first-order valence-corrected chi connectivity index (χ1v) is 6.28.